The summed E-state index contributed by atoms with van der Waals surface area (Å²) in [6.45, 7) is 8.24. The first-order chi connectivity index (χ1) is 8.10. The summed E-state index contributed by atoms with van der Waals surface area (Å²) in [5.74, 6) is 0. The minimum Gasteiger partial charge on any atom is -0.392 e. The second-order valence-corrected chi connectivity index (χ2v) is 4.93. The molecule has 3 nitrogen and oxygen atoms in total. The lowest BCUT2D eigenvalue weighted by atomic mass is 10.1. The maximum atomic E-state index is 9.17. The van der Waals surface area contributed by atoms with E-state index >= 15 is 0 Å². The van der Waals surface area contributed by atoms with Crippen LogP contribution in [0.15, 0.2) is 18.2 Å². The molecule has 1 aliphatic rings. The first-order valence-electron chi connectivity index (χ1n) is 6.21. The summed E-state index contributed by atoms with van der Waals surface area (Å²) in [7, 11) is 0. The molecule has 0 saturated carbocycles. The van der Waals surface area contributed by atoms with Crippen LogP contribution in [0.25, 0.3) is 0 Å². The number of aliphatic hydroxyl groups excluding tert-OH is 1. The molecule has 1 aliphatic heterocycles. The molecule has 0 spiro atoms. The van der Waals surface area contributed by atoms with Crippen LogP contribution in [0.5, 0.6) is 0 Å². The van der Waals surface area contributed by atoms with Crippen molar-refractivity contribution in [1.29, 1.82) is 0 Å². The van der Waals surface area contributed by atoms with Crippen LogP contribution in [-0.4, -0.2) is 30.4 Å². The number of rotatable bonds is 2. The van der Waals surface area contributed by atoms with Gasteiger partial charge >= 0.3 is 0 Å². The topological polar surface area (TPSA) is 32.7 Å². The average molecular weight is 235 g/mol. The van der Waals surface area contributed by atoms with Gasteiger partial charge in [0.05, 0.1) is 18.8 Å². The van der Waals surface area contributed by atoms with Crippen molar-refractivity contribution in [3.05, 3.63) is 29.3 Å². The van der Waals surface area contributed by atoms with E-state index in [1.54, 1.807) is 0 Å². The average Bonchev–Trinajstić information content (AvgIpc) is 2.27. The number of aryl methyl sites for hydroxylation is 1. The Kier molecular flexibility index (Phi) is 3.69. The summed E-state index contributed by atoms with van der Waals surface area (Å²) in [6, 6.07) is 6.25. The third kappa shape index (κ3) is 2.79. The van der Waals surface area contributed by atoms with E-state index < -0.39 is 0 Å². The van der Waals surface area contributed by atoms with Gasteiger partial charge in [0, 0.05) is 18.8 Å². The Morgan fingerprint density at radius 2 is 1.94 bits per heavy atom. The van der Waals surface area contributed by atoms with Gasteiger partial charge in [0.25, 0.3) is 0 Å². The van der Waals surface area contributed by atoms with Crippen molar-refractivity contribution < 1.29 is 9.84 Å². The Labute approximate surface area is 103 Å². The van der Waals surface area contributed by atoms with Gasteiger partial charge in [-0.1, -0.05) is 6.07 Å². The van der Waals surface area contributed by atoms with Crippen molar-refractivity contribution in [2.75, 3.05) is 18.0 Å². The summed E-state index contributed by atoms with van der Waals surface area (Å²) >= 11 is 0. The fourth-order valence-electron chi connectivity index (χ4n) is 2.44. The van der Waals surface area contributed by atoms with Crippen molar-refractivity contribution in [2.45, 2.75) is 39.6 Å². The zero-order valence-corrected chi connectivity index (χ0v) is 10.8. The van der Waals surface area contributed by atoms with Crippen LogP contribution in [-0.2, 0) is 11.3 Å². The molecule has 1 fully saturated rings. The van der Waals surface area contributed by atoms with Crippen LogP contribution in [0.1, 0.15) is 25.0 Å². The largest absolute Gasteiger partial charge is 0.392 e. The van der Waals surface area contributed by atoms with Gasteiger partial charge in [-0.2, -0.15) is 0 Å². The molecule has 0 aromatic heterocycles. The van der Waals surface area contributed by atoms with Gasteiger partial charge in [-0.15, -0.1) is 0 Å². The zero-order valence-electron chi connectivity index (χ0n) is 10.8. The molecule has 1 aromatic carbocycles. The molecule has 94 valence electrons. The van der Waals surface area contributed by atoms with E-state index in [1.165, 1.54) is 5.69 Å². The fraction of sp³-hybridized carbons (Fsp3) is 0.571. The highest BCUT2D eigenvalue weighted by Gasteiger charge is 2.22. The van der Waals surface area contributed by atoms with Crippen molar-refractivity contribution in [2.24, 2.45) is 0 Å². The summed E-state index contributed by atoms with van der Waals surface area (Å²) < 4.78 is 5.73. The monoisotopic (exact) mass is 235 g/mol. The van der Waals surface area contributed by atoms with E-state index in [2.05, 4.69) is 30.9 Å². The number of hydrogen-bond donors (Lipinski definition) is 1. The quantitative estimate of drug-likeness (QED) is 0.852. The van der Waals surface area contributed by atoms with Crippen molar-refractivity contribution in [1.82, 2.24) is 0 Å². The number of ether oxygens (including phenoxy) is 1. The van der Waals surface area contributed by atoms with E-state index in [1.807, 2.05) is 13.0 Å². The second kappa shape index (κ2) is 5.07. The molecule has 0 aliphatic carbocycles. The lowest BCUT2D eigenvalue weighted by Crippen LogP contribution is -2.45. The Hall–Kier alpha value is -1.06. The fourth-order valence-corrected chi connectivity index (χ4v) is 2.44. The lowest BCUT2D eigenvalue weighted by Gasteiger charge is -2.37. The second-order valence-electron chi connectivity index (χ2n) is 4.93. The Balaban J connectivity index is 2.19. The molecule has 0 radical (unpaired) electrons. The Bertz CT molecular complexity index is 382. The zero-order chi connectivity index (χ0) is 12.4. The standard InChI is InChI=1S/C14H21NO2/c1-10-6-14(5-4-13(10)9-16)15-7-11(2)17-12(3)8-15/h4-6,11-12,16H,7-9H2,1-3H3/t11-,12+. The Morgan fingerprint density at radius 1 is 1.29 bits per heavy atom. The van der Waals surface area contributed by atoms with Gasteiger partial charge < -0.3 is 14.7 Å². The smallest absolute Gasteiger partial charge is 0.0726 e. The minimum absolute atomic E-state index is 0.113. The Morgan fingerprint density at radius 3 is 2.47 bits per heavy atom. The van der Waals surface area contributed by atoms with E-state index in [9.17, 15) is 5.11 Å². The summed E-state index contributed by atoms with van der Waals surface area (Å²) in [5.41, 5.74) is 3.38. The van der Waals surface area contributed by atoms with Crippen LogP contribution in [0.4, 0.5) is 5.69 Å². The van der Waals surface area contributed by atoms with Gasteiger partial charge in [0.2, 0.25) is 0 Å². The lowest BCUT2D eigenvalue weighted by molar-refractivity contribution is -0.00522. The highest BCUT2D eigenvalue weighted by molar-refractivity contribution is 5.51. The van der Waals surface area contributed by atoms with Crippen LogP contribution in [0.3, 0.4) is 0 Å². The van der Waals surface area contributed by atoms with Crippen LogP contribution in [0.2, 0.25) is 0 Å². The number of nitrogens with zero attached hydrogens (tertiary/aromatic N) is 1. The highest BCUT2D eigenvalue weighted by atomic mass is 16.5. The van der Waals surface area contributed by atoms with Gasteiger partial charge in [-0.3, -0.25) is 0 Å². The summed E-state index contributed by atoms with van der Waals surface area (Å²) in [4.78, 5) is 2.35. The molecule has 0 unspecified atom stereocenters. The van der Waals surface area contributed by atoms with Crippen molar-refractivity contribution in [3.8, 4) is 0 Å². The number of hydrogen-bond acceptors (Lipinski definition) is 3. The van der Waals surface area contributed by atoms with E-state index in [-0.39, 0.29) is 18.8 Å². The number of morpholine rings is 1. The third-order valence-corrected chi connectivity index (χ3v) is 3.28. The molecule has 3 heteroatoms. The maximum Gasteiger partial charge on any atom is 0.0726 e. The number of aliphatic hydroxyl groups is 1. The molecule has 1 N–H and O–H groups in total. The van der Waals surface area contributed by atoms with Gasteiger partial charge in [0.15, 0.2) is 0 Å². The first-order valence-corrected chi connectivity index (χ1v) is 6.21. The summed E-state index contributed by atoms with van der Waals surface area (Å²) in [6.07, 6.45) is 0.549. The van der Waals surface area contributed by atoms with E-state index in [0.717, 1.165) is 24.2 Å². The van der Waals surface area contributed by atoms with Gasteiger partial charge in [0.1, 0.15) is 0 Å². The van der Waals surface area contributed by atoms with E-state index in [0.29, 0.717) is 0 Å². The van der Waals surface area contributed by atoms with Crippen LogP contribution >= 0.6 is 0 Å². The number of benzene rings is 1. The molecule has 0 amide bonds. The normalized spacial score (nSPS) is 25.1. The van der Waals surface area contributed by atoms with Crippen molar-refractivity contribution in [3.63, 3.8) is 0 Å². The van der Waals surface area contributed by atoms with Gasteiger partial charge in [-0.25, -0.2) is 0 Å². The van der Waals surface area contributed by atoms with Crippen molar-refractivity contribution >= 4 is 5.69 Å². The SMILES string of the molecule is Cc1cc(N2C[C@@H](C)O[C@@H](C)C2)ccc1CO. The predicted octanol–water partition coefficient (Wildman–Crippen LogP) is 2.10. The first kappa shape index (κ1) is 12.4. The highest BCUT2D eigenvalue weighted by Crippen LogP contribution is 2.23. The third-order valence-electron chi connectivity index (χ3n) is 3.28. The molecule has 1 saturated heterocycles. The minimum atomic E-state index is 0.113. The summed E-state index contributed by atoms with van der Waals surface area (Å²) in [5, 5.41) is 9.17. The molecule has 2 atom stereocenters. The molecular formula is C14H21NO2. The maximum absolute atomic E-state index is 9.17. The van der Waals surface area contributed by atoms with Gasteiger partial charge in [-0.05, 0) is 44.0 Å². The molecular weight excluding hydrogens is 214 g/mol. The molecule has 1 aromatic rings. The molecule has 2 rings (SSSR count). The van der Waals surface area contributed by atoms with E-state index in [4.69, 9.17) is 4.74 Å². The molecule has 1 heterocycles. The van der Waals surface area contributed by atoms with Crippen LogP contribution < -0.4 is 4.90 Å². The predicted molar refractivity (Wildman–Crippen MR) is 69.3 cm³/mol. The number of anilines is 1. The van der Waals surface area contributed by atoms with Crippen LogP contribution in [0, 0.1) is 6.92 Å². The molecule has 17 heavy (non-hydrogen) atoms. The molecule has 0 bridgehead atoms.